The van der Waals surface area contributed by atoms with E-state index in [-0.39, 0.29) is 18.3 Å². The third-order valence-electron chi connectivity index (χ3n) is 3.91. The molecule has 0 aliphatic heterocycles. The van der Waals surface area contributed by atoms with E-state index in [9.17, 15) is 9.59 Å². The maximum atomic E-state index is 12.3. The molecule has 3 heterocycles. The van der Waals surface area contributed by atoms with Crippen molar-refractivity contribution in [3.05, 3.63) is 89.5 Å². The fourth-order valence-electron chi connectivity index (χ4n) is 2.49. The normalized spacial score (nSPS) is 10.5. The van der Waals surface area contributed by atoms with Gasteiger partial charge in [-0.1, -0.05) is 6.07 Å². The van der Waals surface area contributed by atoms with Crippen molar-refractivity contribution in [1.82, 2.24) is 9.97 Å². The number of carbonyl (C=O) groups is 2. The van der Waals surface area contributed by atoms with Crippen molar-refractivity contribution in [2.45, 2.75) is 6.61 Å². The number of amides is 1. The molecule has 1 amide bonds. The predicted octanol–water partition coefficient (Wildman–Crippen LogP) is 4.41. The minimum absolute atomic E-state index is 0.0686. The van der Waals surface area contributed by atoms with Gasteiger partial charge in [-0.2, -0.15) is 0 Å². The monoisotopic (exact) mass is 405 g/mol. The van der Waals surface area contributed by atoms with Gasteiger partial charge < -0.3 is 14.5 Å². The van der Waals surface area contributed by atoms with Crippen molar-refractivity contribution in [3.63, 3.8) is 0 Å². The van der Waals surface area contributed by atoms with E-state index in [1.54, 1.807) is 42.6 Å². The molecule has 1 aromatic carbocycles. The number of thiazole rings is 1. The summed E-state index contributed by atoms with van der Waals surface area (Å²) in [5.41, 5.74) is 2.36. The number of nitrogens with zero attached hydrogens (tertiary/aromatic N) is 2. The Morgan fingerprint density at radius 1 is 1.07 bits per heavy atom. The van der Waals surface area contributed by atoms with Gasteiger partial charge in [0.2, 0.25) is 0 Å². The summed E-state index contributed by atoms with van der Waals surface area (Å²) >= 11 is 1.44. The molecule has 0 aliphatic carbocycles. The van der Waals surface area contributed by atoms with Gasteiger partial charge in [-0.25, -0.2) is 9.78 Å². The van der Waals surface area contributed by atoms with Gasteiger partial charge in [0, 0.05) is 17.3 Å². The SMILES string of the molecule is O=C(OCc1csc(-c2ccccn2)n1)c1ccc(NC(=O)c2ccco2)cc1. The number of benzene rings is 1. The Bertz CT molecular complexity index is 1110. The zero-order valence-electron chi connectivity index (χ0n) is 15.1. The average Bonchev–Trinajstić information content (AvgIpc) is 3.45. The number of anilines is 1. The first-order chi connectivity index (χ1) is 14.2. The number of nitrogens with one attached hydrogen (secondary N) is 1. The number of aromatic nitrogens is 2. The lowest BCUT2D eigenvalue weighted by molar-refractivity contribution is 0.0468. The molecule has 0 saturated heterocycles. The summed E-state index contributed by atoms with van der Waals surface area (Å²) in [6.45, 7) is 0.0686. The van der Waals surface area contributed by atoms with Crippen molar-refractivity contribution in [2.75, 3.05) is 5.32 Å². The van der Waals surface area contributed by atoms with Gasteiger partial charge in [0.15, 0.2) is 5.76 Å². The molecule has 1 N–H and O–H groups in total. The minimum atomic E-state index is -0.471. The quantitative estimate of drug-likeness (QED) is 0.478. The number of ether oxygens (including phenoxy) is 1. The lowest BCUT2D eigenvalue weighted by atomic mass is 10.2. The Labute approximate surface area is 170 Å². The molecule has 144 valence electrons. The minimum Gasteiger partial charge on any atom is -0.459 e. The second kappa shape index (κ2) is 8.49. The van der Waals surface area contributed by atoms with Crippen LogP contribution in [-0.4, -0.2) is 21.8 Å². The Morgan fingerprint density at radius 3 is 2.66 bits per heavy atom. The fourth-order valence-corrected chi connectivity index (χ4v) is 3.27. The molecule has 7 nitrogen and oxygen atoms in total. The van der Waals surface area contributed by atoms with Crippen LogP contribution in [0.1, 0.15) is 26.6 Å². The average molecular weight is 405 g/mol. The largest absolute Gasteiger partial charge is 0.459 e. The topological polar surface area (TPSA) is 94.3 Å². The van der Waals surface area contributed by atoms with Gasteiger partial charge in [-0.3, -0.25) is 9.78 Å². The molecule has 0 bridgehead atoms. The summed E-state index contributed by atoms with van der Waals surface area (Å²) in [5, 5.41) is 5.30. The van der Waals surface area contributed by atoms with Crippen LogP contribution in [0.25, 0.3) is 10.7 Å². The van der Waals surface area contributed by atoms with Crippen molar-refractivity contribution < 1.29 is 18.7 Å². The second-order valence-electron chi connectivity index (χ2n) is 5.94. The molecule has 0 aliphatic rings. The Balaban J connectivity index is 1.33. The third-order valence-corrected chi connectivity index (χ3v) is 4.82. The van der Waals surface area contributed by atoms with E-state index in [0.717, 1.165) is 10.7 Å². The van der Waals surface area contributed by atoms with E-state index in [0.29, 0.717) is 16.9 Å². The van der Waals surface area contributed by atoms with Crippen LogP contribution in [-0.2, 0) is 11.3 Å². The van der Waals surface area contributed by atoms with Crippen molar-refractivity contribution in [1.29, 1.82) is 0 Å². The fraction of sp³-hybridized carbons (Fsp3) is 0.0476. The Hall–Kier alpha value is -3.78. The van der Waals surface area contributed by atoms with Crippen LogP contribution in [0.4, 0.5) is 5.69 Å². The summed E-state index contributed by atoms with van der Waals surface area (Å²) in [4.78, 5) is 32.9. The summed E-state index contributed by atoms with van der Waals surface area (Å²) in [6, 6.07) is 15.2. The maximum absolute atomic E-state index is 12.3. The van der Waals surface area contributed by atoms with Crippen LogP contribution in [0, 0.1) is 0 Å². The molecular formula is C21H15N3O4S. The van der Waals surface area contributed by atoms with Crippen molar-refractivity contribution in [3.8, 4) is 10.7 Å². The van der Waals surface area contributed by atoms with Gasteiger partial charge in [0.1, 0.15) is 11.6 Å². The van der Waals surface area contributed by atoms with Crippen LogP contribution in [0.3, 0.4) is 0 Å². The molecule has 0 spiro atoms. The number of pyridine rings is 1. The summed E-state index contributed by atoms with van der Waals surface area (Å²) in [5.74, 6) is -0.624. The van der Waals surface area contributed by atoms with Gasteiger partial charge in [-0.05, 0) is 48.5 Å². The third kappa shape index (κ3) is 4.56. The molecule has 0 fully saturated rings. The first-order valence-electron chi connectivity index (χ1n) is 8.67. The van der Waals surface area contributed by atoms with Crippen LogP contribution in [0.15, 0.2) is 76.9 Å². The van der Waals surface area contributed by atoms with E-state index in [1.807, 2.05) is 23.6 Å². The van der Waals surface area contributed by atoms with Crippen LogP contribution < -0.4 is 5.32 Å². The lowest BCUT2D eigenvalue weighted by Crippen LogP contribution is -2.11. The van der Waals surface area contributed by atoms with Crippen molar-refractivity contribution >= 4 is 28.9 Å². The first kappa shape index (κ1) is 18.6. The van der Waals surface area contributed by atoms with E-state index in [2.05, 4.69) is 15.3 Å². The highest BCUT2D eigenvalue weighted by molar-refractivity contribution is 7.13. The molecule has 8 heteroatoms. The number of rotatable bonds is 6. The van der Waals surface area contributed by atoms with Gasteiger partial charge in [0.05, 0.1) is 23.2 Å². The Kier molecular flexibility index (Phi) is 5.44. The van der Waals surface area contributed by atoms with Crippen LogP contribution >= 0.6 is 11.3 Å². The summed E-state index contributed by atoms with van der Waals surface area (Å²) < 4.78 is 10.4. The highest BCUT2D eigenvalue weighted by Crippen LogP contribution is 2.22. The second-order valence-corrected chi connectivity index (χ2v) is 6.80. The zero-order chi connectivity index (χ0) is 20.1. The Morgan fingerprint density at radius 2 is 1.93 bits per heavy atom. The van der Waals surface area contributed by atoms with Crippen LogP contribution in [0.2, 0.25) is 0 Å². The van der Waals surface area contributed by atoms with Gasteiger partial charge in [0.25, 0.3) is 5.91 Å². The molecule has 4 aromatic rings. The predicted molar refractivity (Wildman–Crippen MR) is 108 cm³/mol. The van der Waals surface area contributed by atoms with Gasteiger partial charge >= 0.3 is 5.97 Å². The lowest BCUT2D eigenvalue weighted by Gasteiger charge is -2.06. The highest BCUT2D eigenvalue weighted by Gasteiger charge is 2.12. The van der Waals surface area contributed by atoms with Gasteiger partial charge in [-0.15, -0.1) is 11.3 Å². The standard InChI is InChI=1S/C21H15N3O4S/c25-19(18-5-3-11-27-18)23-15-8-6-14(7-9-15)21(26)28-12-16-13-29-20(24-16)17-4-1-2-10-22-17/h1-11,13H,12H2,(H,23,25). The number of esters is 1. The molecule has 0 radical (unpaired) electrons. The van der Waals surface area contributed by atoms with E-state index in [4.69, 9.17) is 9.15 Å². The molecule has 4 rings (SSSR count). The van der Waals surface area contributed by atoms with E-state index >= 15 is 0 Å². The molecule has 3 aromatic heterocycles. The number of carbonyl (C=O) groups excluding carboxylic acids is 2. The molecule has 29 heavy (non-hydrogen) atoms. The highest BCUT2D eigenvalue weighted by atomic mass is 32.1. The smallest absolute Gasteiger partial charge is 0.338 e. The van der Waals surface area contributed by atoms with Crippen LogP contribution in [0.5, 0.6) is 0 Å². The number of hydrogen-bond acceptors (Lipinski definition) is 7. The van der Waals surface area contributed by atoms with E-state index < -0.39 is 5.97 Å². The molecule has 0 atom stereocenters. The van der Waals surface area contributed by atoms with Crippen molar-refractivity contribution in [2.24, 2.45) is 0 Å². The van der Waals surface area contributed by atoms with E-state index in [1.165, 1.54) is 17.6 Å². The maximum Gasteiger partial charge on any atom is 0.338 e. The molecular weight excluding hydrogens is 390 g/mol. The number of hydrogen-bond donors (Lipinski definition) is 1. The summed E-state index contributed by atoms with van der Waals surface area (Å²) in [6.07, 6.45) is 3.13. The first-order valence-corrected chi connectivity index (χ1v) is 9.55. The zero-order valence-corrected chi connectivity index (χ0v) is 15.9. The molecule has 0 saturated carbocycles. The number of furan rings is 1. The molecule has 0 unspecified atom stereocenters. The summed E-state index contributed by atoms with van der Waals surface area (Å²) in [7, 11) is 0.